The maximum Gasteiger partial charge on any atom is 0.189 e. The van der Waals surface area contributed by atoms with Crippen LogP contribution in [0.3, 0.4) is 0 Å². The summed E-state index contributed by atoms with van der Waals surface area (Å²) >= 11 is 0. The molecule has 2 fully saturated rings. The second kappa shape index (κ2) is 7.62. The summed E-state index contributed by atoms with van der Waals surface area (Å²) < 4.78 is 22.3. The zero-order valence-corrected chi connectivity index (χ0v) is 17.5. The van der Waals surface area contributed by atoms with E-state index in [4.69, 9.17) is 18.9 Å². The van der Waals surface area contributed by atoms with Gasteiger partial charge in [0.15, 0.2) is 13.6 Å². The molecule has 0 radical (unpaired) electrons. The molecule has 2 bridgehead atoms. The van der Waals surface area contributed by atoms with Crippen molar-refractivity contribution in [2.75, 3.05) is 13.6 Å². The molecule has 6 heteroatoms. The summed E-state index contributed by atoms with van der Waals surface area (Å²) in [6.45, 7) is 1.74. The highest BCUT2D eigenvalue weighted by Gasteiger charge is 2.47. The molecule has 162 valence electrons. The molecule has 3 unspecified atom stereocenters. The fourth-order valence-electron chi connectivity index (χ4n) is 5.98. The van der Waals surface area contributed by atoms with E-state index in [-0.39, 0.29) is 11.5 Å². The molecule has 0 spiro atoms. The van der Waals surface area contributed by atoms with Gasteiger partial charge in [-0.3, -0.25) is 0 Å². The first-order valence-electron chi connectivity index (χ1n) is 11.1. The fraction of sp³-hybridized carbons (Fsp3) is 0.480. The molecule has 6 nitrogen and oxygen atoms in total. The van der Waals surface area contributed by atoms with Crippen molar-refractivity contribution in [2.45, 2.75) is 56.4 Å². The van der Waals surface area contributed by atoms with E-state index in [1.807, 2.05) is 0 Å². The van der Waals surface area contributed by atoms with Gasteiger partial charge >= 0.3 is 0 Å². The minimum atomic E-state index is -0.382. The zero-order valence-electron chi connectivity index (χ0n) is 17.5. The van der Waals surface area contributed by atoms with Gasteiger partial charge < -0.3 is 29.1 Å². The van der Waals surface area contributed by atoms with E-state index >= 15 is 0 Å². The lowest BCUT2D eigenvalue weighted by atomic mass is 9.71. The first-order chi connectivity index (χ1) is 15.2. The van der Waals surface area contributed by atoms with Crippen LogP contribution >= 0.6 is 0 Å². The van der Waals surface area contributed by atoms with E-state index in [0.717, 1.165) is 54.6 Å². The van der Waals surface area contributed by atoms with E-state index in [2.05, 4.69) is 41.7 Å². The summed E-state index contributed by atoms with van der Waals surface area (Å²) in [6, 6.07) is 13.3. The molecule has 1 N–H and O–H groups in total. The molecule has 0 amide bonds. The Morgan fingerprint density at radius 3 is 2.23 bits per heavy atom. The quantitative estimate of drug-likeness (QED) is 0.761. The van der Waals surface area contributed by atoms with Crippen molar-refractivity contribution in [1.82, 2.24) is 5.32 Å². The van der Waals surface area contributed by atoms with Crippen molar-refractivity contribution < 1.29 is 23.7 Å². The Kier molecular flexibility index (Phi) is 4.74. The van der Waals surface area contributed by atoms with Gasteiger partial charge in [-0.2, -0.15) is 0 Å². The average Bonchev–Trinajstić information content (AvgIpc) is 3.13. The lowest BCUT2D eigenvalue weighted by Gasteiger charge is -2.40. The third-order valence-corrected chi connectivity index (χ3v) is 7.34. The third-order valence-electron chi connectivity index (χ3n) is 7.34. The van der Waals surface area contributed by atoms with Gasteiger partial charge in [0.2, 0.25) is 0 Å². The Morgan fingerprint density at radius 2 is 1.61 bits per heavy atom. The molecule has 31 heavy (non-hydrogen) atoms. The maximum atomic E-state index is 12.0. The number of benzene rings is 2. The van der Waals surface area contributed by atoms with Crippen molar-refractivity contribution in [3.05, 3.63) is 58.7 Å². The van der Waals surface area contributed by atoms with Gasteiger partial charge in [-0.15, -0.1) is 0 Å². The number of carbonyl (C=O) groups is 1. The van der Waals surface area contributed by atoms with E-state index < -0.39 is 0 Å². The predicted octanol–water partition coefficient (Wildman–Crippen LogP) is 3.65. The van der Waals surface area contributed by atoms with Crippen molar-refractivity contribution in [1.29, 1.82) is 0 Å². The van der Waals surface area contributed by atoms with Crippen molar-refractivity contribution in [2.24, 2.45) is 5.92 Å². The van der Waals surface area contributed by atoms with Crippen LogP contribution in [0.5, 0.6) is 11.5 Å². The average molecular weight is 421 g/mol. The highest BCUT2D eigenvalue weighted by Crippen LogP contribution is 2.47. The van der Waals surface area contributed by atoms with Gasteiger partial charge in [0.05, 0.1) is 18.8 Å². The first kappa shape index (κ1) is 19.3. The van der Waals surface area contributed by atoms with E-state index in [9.17, 15) is 4.79 Å². The molecule has 2 aromatic rings. The monoisotopic (exact) mass is 421 g/mol. The zero-order chi connectivity index (χ0) is 20.8. The summed E-state index contributed by atoms with van der Waals surface area (Å²) in [5.74, 6) is 2.35. The number of aldehydes is 1. The Labute approximate surface area is 181 Å². The van der Waals surface area contributed by atoms with Crippen molar-refractivity contribution in [3.63, 3.8) is 0 Å². The van der Waals surface area contributed by atoms with Crippen molar-refractivity contribution in [3.8, 4) is 11.5 Å². The number of ether oxygens (including phenoxy) is 4. The van der Waals surface area contributed by atoms with Crippen LogP contribution in [0.25, 0.3) is 0 Å². The Balaban J connectivity index is 1.43. The van der Waals surface area contributed by atoms with Gasteiger partial charge in [0.25, 0.3) is 0 Å². The molecule has 4 aliphatic rings. The van der Waals surface area contributed by atoms with Crippen LogP contribution in [0.4, 0.5) is 0 Å². The molecule has 0 aromatic heterocycles. The smallest absolute Gasteiger partial charge is 0.189 e. The van der Waals surface area contributed by atoms with E-state index in [1.165, 1.54) is 11.1 Å². The number of fused-ring (bicyclic) bond motifs is 4. The van der Waals surface area contributed by atoms with Crippen molar-refractivity contribution >= 4 is 6.29 Å². The van der Waals surface area contributed by atoms with E-state index in [1.54, 1.807) is 0 Å². The second-order valence-corrected chi connectivity index (χ2v) is 9.29. The standard InChI is InChI=1S/C25H27NO5/c27-13-25-6-5-21(26-25)9-18(10-25)24(16-1-3-22-19(7-16)11-28-14-30-22)17-2-4-23-20(8-17)12-29-15-31-23/h1-4,7-8,13,18,21,24,26H,5-6,9-12,14-15H2. The molecular formula is C25H27NO5. The predicted molar refractivity (Wildman–Crippen MR) is 113 cm³/mol. The lowest BCUT2D eigenvalue weighted by molar-refractivity contribution is -0.114. The normalized spacial score (nSPS) is 28.9. The summed E-state index contributed by atoms with van der Waals surface area (Å²) in [7, 11) is 0. The molecule has 4 heterocycles. The number of piperidine rings is 1. The molecule has 0 aliphatic carbocycles. The van der Waals surface area contributed by atoms with Gasteiger partial charge in [0, 0.05) is 23.1 Å². The largest absolute Gasteiger partial charge is 0.467 e. The highest BCUT2D eigenvalue weighted by atomic mass is 16.7. The second-order valence-electron chi connectivity index (χ2n) is 9.29. The number of nitrogens with one attached hydrogen (secondary N) is 1. The van der Waals surface area contributed by atoms with Crippen LogP contribution in [0.2, 0.25) is 0 Å². The van der Waals surface area contributed by atoms with Crippen LogP contribution in [0, 0.1) is 5.92 Å². The number of hydrogen-bond acceptors (Lipinski definition) is 6. The topological polar surface area (TPSA) is 66.0 Å². The van der Waals surface area contributed by atoms with Crippen LogP contribution in [0.15, 0.2) is 36.4 Å². The highest BCUT2D eigenvalue weighted by molar-refractivity contribution is 5.65. The molecule has 4 aliphatic heterocycles. The number of carbonyl (C=O) groups excluding carboxylic acids is 1. The molecular weight excluding hydrogens is 394 g/mol. The minimum Gasteiger partial charge on any atom is -0.467 e. The SMILES string of the molecule is O=CC12CCC(CC(C(c3ccc4c(c3)COCO4)c3ccc4c(c3)COCO4)C1)N2. The Hall–Kier alpha value is -2.41. The van der Waals surface area contributed by atoms with Gasteiger partial charge in [-0.05, 0) is 67.0 Å². The van der Waals surface area contributed by atoms with Crippen LogP contribution in [-0.2, 0) is 27.5 Å². The maximum absolute atomic E-state index is 12.0. The lowest BCUT2D eigenvalue weighted by Crippen LogP contribution is -2.51. The molecule has 2 aromatic carbocycles. The van der Waals surface area contributed by atoms with E-state index in [0.29, 0.717) is 38.8 Å². The van der Waals surface area contributed by atoms with Gasteiger partial charge in [0.1, 0.15) is 17.8 Å². The number of rotatable bonds is 4. The first-order valence-corrected chi connectivity index (χ1v) is 11.1. The van der Waals surface area contributed by atoms with Crippen LogP contribution in [0.1, 0.15) is 53.9 Å². The molecule has 0 saturated carbocycles. The Bertz CT molecular complexity index is 948. The molecule has 6 rings (SSSR count). The molecule has 2 saturated heterocycles. The third kappa shape index (κ3) is 3.43. The summed E-state index contributed by atoms with van der Waals surface area (Å²) in [5.41, 5.74) is 4.28. The number of hydrogen-bond donors (Lipinski definition) is 1. The van der Waals surface area contributed by atoms with Crippen LogP contribution in [-0.4, -0.2) is 31.5 Å². The minimum absolute atomic E-state index is 0.182. The van der Waals surface area contributed by atoms with Crippen LogP contribution < -0.4 is 14.8 Å². The summed E-state index contributed by atoms with van der Waals surface area (Å²) in [5, 5.41) is 3.59. The summed E-state index contributed by atoms with van der Waals surface area (Å²) in [4.78, 5) is 12.0. The van der Waals surface area contributed by atoms with Gasteiger partial charge in [-0.25, -0.2) is 0 Å². The summed E-state index contributed by atoms with van der Waals surface area (Å²) in [6.07, 6.45) is 5.07. The van der Waals surface area contributed by atoms with Gasteiger partial charge in [-0.1, -0.05) is 12.1 Å². The molecule has 3 atom stereocenters. The Morgan fingerprint density at radius 1 is 0.968 bits per heavy atom. The fourth-order valence-corrected chi connectivity index (χ4v) is 5.98.